The van der Waals surface area contributed by atoms with E-state index in [0.717, 1.165) is 88.8 Å². The standard InChI is InChI=1S/C48H33BN3OS/c1-5-17-33(18-6-1)50-41-32-47-45(53-44-27-15-16-28-46(44)54-47)31-38(41)39-29-37(51(34-19-7-2-8-20-34)35-21-9-3-10-22-35)30-43-48(39)49-40-25-13-14-26-42(40)52(43)36-23-11-4-12-24-36/h1-32,50H. The number of benzene rings is 8. The topological polar surface area (TPSA) is 27.7 Å². The Morgan fingerprint density at radius 3 is 1.87 bits per heavy atom. The van der Waals surface area contributed by atoms with Gasteiger partial charge in [-0.2, -0.15) is 0 Å². The number of para-hydroxylation sites is 6. The van der Waals surface area contributed by atoms with Crippen LogP contribution in [0.25, 0.3) is 11.1 Å². The average Bonchev–Trinajstić information content (AvgIpc) is 3.23. The minimum absolute atomic E-state index is 0.838. The molecule has 1 radical (unpaired) electrons. The van der Waals surface area contributed by atoms with Gasteiger partial charge in [-0.3, -0.25) is 0 Å². The molecule has 6 heteroatoms. The van der Waals surface area contributed by atoms with E-state index in [4.69, 9.17) is 4.74 Å². The van der Waals surface area contributed by atoms with Gasteiger partial charge in [0.25, 0.3) is 0 Å². The Balaban J connectivity index is 1.27. The van der Waals surface area contributed by atoms with Gasteiger partial charge in [0, 0.05) is 51.1 Å². The van der Waals surface area contributed by atoms with Crippen molar-refractivity contribution in [3.63, 3.8) is 0 Å². The molecule has 0 spiro atoms. The lowest BCUT2D eigenvalue weighted by atomic mass is 9.58. The van der Waals surface area contributed by atoms with Gasteiger partial charge in [-0.15, -0.1) is 0 Å². The van der Waals surface area contributed by atoms with Crippen molar-refractivity contribution >= 4 is 75.5 Å². The molecule has 2 aliphatic heterocycles. The second-order valence-electron chi connectivity index (χ2n) is 13.3. The smallest absolute Gasteiger partial charge is 0.197 e. The van der Waals surface area contributed by atoms with E-state index in [9.17, 15) is 0 Å². The third kappa shape index (κ3) is 5.87. The molecule has 4 nitrogen and oxygen atoms in total. The van der Waals surface area contributed by atoms with Crippen molar-refractivity contribution in [2.75, 3.05) is 15.1 Å². The van der Waals surface area contributed by atoms with Gasteiger partial charge >= 0.3 is 0 Å². The third-order valence-corrected chi connectivity index (χ3v) is 11.0. The Morgan fingerprint density at radius 1 is 0.500 bits per heavy atom. The largest absolute Gasteiger partial charge is 0.455 e. The molecule has 8 aromatic carbocycles. The summed E-state index contributed by atoms with van der Waals surface area (Å²) in [6.45, 7) is 0. The maximum Gasteiger partial charge on any atom is 0.197 e. The third-order valence-electron chi connectivity index (χ3n) is 9.88. The minimum atomic E-state index is 0.838. The quantitative estimate of drug-likeness (QED) is 0.166. The van der Waals surface area contributed by atoms with Crippen LogP contribution in [0.15, 0.2) is 204 Å². The Bertz CT molecular complexity index is 2580. The summed E-state index contributed by atoms with van der Waals surface area (Å²) < 4.78 is 6.67. The molecule has 2 heterocycles. The summed E-state index contributed by atoms with van der Waals surface area (Å²) in [5.41, 5.74) is 12.9. The maximum absolute atomic E-state index is 6.67. The lowest BCUT2D eigenvalue weighted by Crippen LogP contribution is -2.41. The van der Waals surface area contributed by atoms with Crippen LogP contribution in [0.1, 0.15) is 0 Å². The number of nitrogens with one attached hydrogen (secondary N) is 1. The molecule has 255 valence electrons. The van der Waals surface area contributed by atoms with E-state index >= 15 is 0 Å². The van der Waals surface area contributed by atoms with Crippen molar-refractivity contribution in [1.29, 1.82) is 0 Å². The second kappa shape index (κ2) is 13.7. The van der Waals surface area contributed by atoms with Crippen LogP contribution in [0.2, 0.25) is 0 Å². The lowest BCUT2D eigenvalue weighted by molar-refractivity contribution is 0.455. The fourth-order valence-corrected chi connectivity index (χ4v) is 8.42. The number of nitrogens with zero attached hydrogens (tertiary/aromatic N) is 2. The molecule has 8 aromatic rings. The first-order valence-corrected chi connectivity index (χ1v) is 18.9. The molecule has 1 N–H and O–H groups in total. The van der Waals surface area contributed by atoms with E-state index in [1.165, 1.54) is 0 Å². The SMILES string of the molecule is [B]1c2ccccc2N(c2ccccc2)c2cc(N(c3ccccc3)c3ccccc3)cc(-c3cc4c(cc3Nc3ccccc3)Sc3ccccc3O4)c21. The van der Waals surface area contributed by atoms with E-state index < -0.39 is 0 Å². The highest BCUT2D eigenvalue weighted by Crippen LogP contribution is 2.51. The van der Waals surface area contributed by atoms with Gasteiger partial charge in [-0.1, -0.05) is 120 Å². The Kier molecular flexibility index (Phi) is 8.15. The molecule has 0 bridgehead atoms. The monoisotopic (exact) mass is 710 g/mol. The lowest BCUT2D eigenvalue weighted by Gasteiger charge is -2.37. The molecule has 0 aliphatic carbocycles. The van der Waals surface area contributed by atoms with Crippen LogP contribution in [-0.4, -0.2) is 7.28 Å². The molecule has 0 saturated carbocycles. The fourth-order valence-electron chi connectivity index (χ4n) is 7.45. The number of hydrogen-bond donors (Lipinski definition) is 1. The van der Waals surface area contributed by atoms with Crippen molar-refractivity contribution in [3.05, 3.63) is 194 Å². The maximum atomic E-state index is 6.67. The molecule has 10 rings (SSSR count). The van der Waals surface area contributed by atoms with Gasteiger partial charge in [0.05, 0.1) is 9.79 Å². The molecule has 0 amide bonds. The van der Waals surface area contributed by atoms with Crippen molar-refractivity contribution in [2.45, 2.75) is 9.79 Å². The molecule has 0 atom stereocenters. The van der Waals surface area contributed by atoms with Crippen molar-refractivity contribution in [1.82, 2.24) is 0 Å². The highest BCUT2D eigenvalue weighted by Gasteiger charge is 2.31. The van der Waals surface area contributed by atoms with Gasteiger partial charge in [-0.25, -0.2) is 0 Å². The van der Waals surface area contributed by atoms with Crippen LogP contribution >= 0.6 is 11.8 Å². The van der Waals surface area contributed by atoms with Crippen LogP contribution < -0.4 is 30.8 Å². The van der Waals surface area contributed by atoms with Crippen LogP contribution in [0.3, 0.4) is 0 Å². The van der Waals surface area contributed by atoms with E-state index in [1.807, 2.05) is 18.2 Å². The number of ether oxygens (including phenoxy) is 1. The highest BCUT2D eigenvalue weighted by molar-refractivity contribution is 7.99. The summed E-state index contributed by atoms with van der Waals surface area (Å²) in [6, 6.07) is 68.4. The number of hydrogen-bond acceptors (Lipinski definition) is 5. The summed E-state index contributed by atoms with van der Waals surface area (Å²) in [6.07, 6.45) is 0. The Morgan fingerprint density at radius 2 is 1.13 bits per heavy atom. The Hall–Kier alpha value is -6.63. The van der Waals surface area contributed by atoms with Gasteiger partial charge in [0.2, 0.25) is 0 Å². The summed E-state index contributed by atoms with van der Waals surface area (Å²) in [4.78, 5) is 6.92. The summed E-state index contributed by atoms with van der Waals surface area (Å²) >= 11 is 1.74. The molecule has 0 unspecified atom stereocenters. The molecule has 2 aliphatic rings. The second-order valence-corrected chi connectivity index (χ2v) is 14.4. The number of anilines is 8. The zero-order chi connectivity index (χ0) is 35.8. The Labute approximate surface area is 320 Å². The van der Waals surface area contributed by atoms with E-state index in [-0.39, 0.29) is 0 Å². The van der Waals surface area contributed by atoms with E-state index in [0.29, 0.717) is 0 Å². The van der Waals surface area contributed by atoms with Gasteiger partial charge in [0.1, 0.15) is 11.5 Å². The first-order chi connectivity index (χ1) is 26.8. The molecule has 0 saturated heterocycles. The van der Waals surface area contributed by atoms with Crippen molar-refractivity contribution < 1.29 is 4.74 Å². The summed E-state index contributed by atoms with van der Waals surface area (Å²) in [7, 11) is 2.34. The predicted octanol–water partition coefficient (Wildman–Crippen LogP) is 12.3. The summed E-state index contributed by atoms with van der Waals surface area (Å²) in [5.74, 6) is 1.71. The fraction of sp³-hybridized carbons (Fsp3) is 0. The van der Waals surface area contributed by atoms with Crippen LogP contribution in [0, 0.1) is 0 Å². The normalized spacial score (nSPS) is 12.3. The van der Waals surface area contributed by atoms with Crippen LogP contribution in [-0.2, 0) is 0 Å². The minimum Gasteiger partial charge on any atom is -0.455 e. The molecule has 0 fully saturated rings. The first kappa shape index (κ1) is 32.1. The van der Waals surface area contributed by atoms with Crippen LogP contribution in [0.4, 0.5) is 45.5 Å². The van der Waals surface area contributed by atoms with Gasteiger partial charge in [0.15, 0.2) is 7.28 Å². The van der Waals surface area contributed by atoms with Gasteiger partial charge in [-0.05, 0) is 102 Å². The number of rotatable bonds is 7. The molecular weight excluding hydrogens is 677 g/mol. The summed E-state index contributed by atoms with van der Waals surface area (Å²) in [5, 5.41) is 3.82. The van der Waals surface area contributed by atoms with E-state index in [1.54, 1.807) is 11.8 Å². The molecule has 54 heavy (non-hydrogen) atoms. The average molecular weight is 711 g/mol. The zero-order valence-electron chi connectivity index (χ0n) is 29.3. The molecular formula is C48H33BN3OS. The number of fused-ring (bicyclic) bond motifs is 4. The van der Waals surface area contributed by atoms with Crippen LogP contribution in [0.5, 0.6) is 11.5 Å². The van der Waals surface area contributed by atoms with Gasteiger partial charge < -0.3 is 19.9 Å². The van der Waals surface area contributed by atoms with Crippen molar-refractivity contribution in [2.24, 2.45) is 0 Å². The predicted molar refractivity (Wildman–Crippen MR) is 227 cm³/mol. The zero-order valence-corrected chi connectivity index (χ0v) is 30.1. The van der Waals surface area contributed by atoms with E-state index in [2.05, 4.69) is 198 Å². The molecule has 0 aromatic heterocycles. The highest BCUT2D eigenvalue weighted by atomic mass is 32.2. The first-order valence-electron chi connectivity index (χ1n) is 18.1. The van der Waals surface area contributed by atoms with Crippen molar-refractivity contribution in [3.8, 4) is 22.6 Å².